The number of nitrogens with zero attached hydrogens (tertiary/aromatic N) is 3. The van der Waals surface area contributed by atoms with Crippen LogP contribution in [0.2, 0.25) is 0 Å². The molecule has 1 aromatic rings. The summed E-state index contributed by atoms with van der Waals surface area (Å²) in [5.74, 6) is -1.38. The average Bonchev–Trinajstić information content (AvgIpc) is 2.88. The van der Waals surface area contributed by atoms with E-state index >= 15 is 0 Å². The Morgan fingerprint density at radius 1 is 1.42 bits per heavy atom. The molecule has 0 spiro atoms. The van der Waals surface area contributed by atoms with E-state index in [-0.39, 0.29) is 11.9 Å². The first kappa shape index (κ1) is 12.9. The molecule has 2 N–H and O–H groups in total. The third-order valence-corrected chi connectivity index (χ3v) is 3.82. The van der Waals surface area contributed by atoms with Crippen molar-refractivity contribution < 1.29 is 17.7 Å². The molecule has 2 fully saturated rings. The minimum absolute atomic E-state index is 0.0465. The van der Waals surface area contributed by atoms with Gasteiger partial charge in [-0.15, -0.1) is 0 Å². The maximum Gasteiger partial charge on any atom is 0.471 e. The maximum atomic E-state index is 12.5. The van der Waals surface area contributed by atoms with Crippen molar-refractivity contribution in [3.63, 3.8) is 0 Å². The monoisotopic (exact) mass is 276 g/mol. The normalized spacial score (nSPS) is 33.0. The number of aromatic nitrogens is 2. The molecule has 1 aliphatic heterocycles. The Labute approximate surface area is 107 Å². The summed E-state index contributed by atoms with van der Waals surface area (Å²) in [5, 5.41) is 3.43. The molecule has 2 heterocycles. The van der Waals surface area contributed by atoms with Crippen molar-refractivity contribution in [3.8, 4) is 0 Å². The zero-order valence-electron chi connectivity index (χ0n) is 10.4. The quantitative estimate of drug-likeness (QED) is 0.886. The summed E-state index contributed by atoms with van der Waals surface area (Å²) in [7, 11) is 0. The lowest BCUT2D eigenvalue weighted by Crippen LogP contribution is -2.41. The van der Waals surface area contributed by atoms with Crippen molar-refractivity contribution in [1.29, 1.82) is 0 Å². The molecule has 2 unspecified atom stereocenters. The Hall–Kier alpha value is -1.15. The number of alkyl halides is 3. The molecule has 19 heavy (non-hydrogen) atoms. The molecule has 0 amide bonds. The molecule has 1 saturated heterocycles. The standard InChI is InChI=1S/C11H15F3N4O/c1-6-4-10(15,5-18(6)7-2-3-7)8-16-9(19-17-8)11(12,13)14/h6-7H,2-5,15H2,1H3. The fourth-order valence-corrected chi connectivity index (χ4v) is 2.79. The molecule has 8 heteroatoms. The molecule has 0 aromatic carbocycles. The highest BCUT2D eigenvalue weighted by Gasteiger charge is 2.49. The van der Waals surface area contributed by atoms with Gasteiger partial charge in [0.05, 0.1) is 5.54 Å². The van der Waals surface area contributed by atoms with Crippen LogP contribution in [0.5, 0.6) is 0 Å². The van der Waals surface area contributed by atoms with Crippen molar-refractivity contribution in [2.45, 2.75) is 50.0 Å². The highest BCUT2D eigenvalue weighted by Crippen LogP contribution is 2.40. The number of hydrogen-bond donors (Lipinski definition) is 1. The summed E-state index contributed by atoms with van der Waals surface area (Å²) < 4.78 is 41.6. The second kappa shape index (κ2) is 3.92. The first-order chi connectivity index (χ1) is 8.79. The third kappa shape index (κ3) is 2.23. The third-order valence-electron chi connectivity index (χ3n) is 3.82. The minimum atomic E-state index is -4.62. The Morgan fingerprint density at radius 2 is 2.11 bits per heavy atom. The van der Waals surface area contributed by atoms with E-state index in [0.717, 1.165) is 12.8 Å². The molecule has 1 saturated carbocycles. The lowest BCUT2D eigenvalue weighted by Gasteiger charge is -2.21. The van der Waals surface area contributed by atoms with E-state index in [0.29, 0.717) is 19.0 Å². The molecular formula is C11H15F3N4O. The lowest BCUT2D eigenvalue weighted by molar-refractivity contribution is -0.159. The van der Waals surface area contributed by atoms with Gasteiger partial charge in [-0.2, -0.15) is 18.2 Å². The van der Waals surface area contributed by atoms with Crippen LogP contribution in [0.3, 0.4) is 0 Å². The van der Waals surface area contributed by atoms with Crippen molar-refractivity contribution in [1.82, 2.24) is 15.0 Å². The van der Waals surface area contributed by atoms with E-state index in [4.69, 9.17) is 5.73 Å². The Balaban J connectivity index is 1.83. The largest absolute Gasteiger partial charge is 0.471 e. The first-order valence-corrected chi connectivity index (χ1v) is 6.25. The van der Waals surface area contributed by atoms with Crippen LogP contribution in [0.4, 0.5) is 13.2 Å². The summed E-state index contributed by atoms with van der Waals surface area (Å²) in [6, 6.07) is 0.736. The van der Waals surface area contributed by atoms with E-state index in [9.17, 15) is 13.2 Å². The summed E-state index contributed by atoms with van der Waals surface area (Å²) >= 11 is 0. The number of hydrogen-bond acceptors (Lipinski definition) is 5. The second-order valence-electron chi connectivity index (χ2n) is 5.53. The number of rotatable bonds is 2. The van der Waals surface area contributed by atoms with Gasteiger partial charge in [-0.1, -0.05) is 5.16 Å². The zero-order chi connectivity index (χ0) is 13.8. The van der Waals surface area contributed by atoms with Crippen LogP contribution >= 0.6 is 0 Å². The number of halogens is 3. The highest BCUT2D eigenvalue weighted by atomic mass is 19.4. The van der Waals surface area contributed by atoms with E-state index in [1.54, 1.807) is 0 Å². The molecule has 1 aliphatic carbocycles. The molecule has 2 aliphatic rings. The van der Waals surface area contributed by atoms with Crippen LogP contribution in [0.15, 0.2) is 4.52 Å². The molecule has 3 rings (SSSR count). The Bertz CT molecular complexity index is 485. The summed E-state index contributed by atoms with van der Waals surface area (Å²) in [4.78, 5) is 5.66. The summed E-state index contributed by atoms with van der Waals surface area (Å²) in [6.45, 7) is 2.51. The van der Waals surface area contributed by atoms with Crippen LogP contribution < -0.4 is 5.73 Å². The molecule has 5 nitrogen and oxygen atoms in total. The second-order valence-corrected chi connectivity index (χ2v) is 5.53. The van der Waals surface area contributed by atoms with Gasteiger partial charge in [-0.25, -0.2) is 0 Å². The van der Waals surface area contributed by atoms with Crippen molar-refractivity contribution in [2.75, 3.05) is 6.54 Å². The van der Waals surface area contributed by atoms with E-state index in [1.165, 1.54) is 0 Å². The predicted octanol–water partition coefficient (Wildman–Crippen LogP) is 1.50. The van der Waals surface area contributed by atoms with E-state index in [2.05, 4.69) is 19.6 Å². The Morgan fingerprint density at radius 3 is 2.63 bits per heavy atom. The average molecular weight is 276 g/mol. The van der Waals surface area contributed by atoms with Gasteiger partial charge >= 0.3 is 12.1 Å². The highest BCUT2D eigenvalue weighted by molar-refractivity contribution is 5.13. The van der Waals surface area contributed by atoms with Crippen LogP contribution in [0, 0.1) is 0 Å². The van der Waals surface area contributed by atoms with Gasteiger partial charge in [0, 0.05) is 18.6 Å². The van der Waals surface area contributed by atoms with Crippen molar-refractivity contribution in [3.05, 3.63) is 11.7 Å². The van der Waals surface area contributed by atoms with Gasteiger partial charge < -0.3 is 10.3 Å². The minimum Gasteiger partial charge on any atom is -0.329 e. The van der Waals surface area contributed by atoms with Crippen LogP contribution in [-0.2, 0) is 11.7 Å². The van der Waals surface area contributed by atoms with E-state index in [1.807, 2.05) is 6.92 Å². The fraction of sp³-hybridized carbons (Fsp3) is 0.818. The van der Waals surface area contributed by atoms with E-state index < -0.39 is 17.6 Å². The van der Waals surface area contributed by atoms with Gasteiger partial charge in [0.2, 0.25) is 0 Å². The van der Waals surface area contributed by atoms with Gasteiger partial charge in [0.1, 0.15) is 0 Å². The maximum absolute atomic E-state index is 12.5. The predicted molar refractivity (Wildman–Crippen MR) is 59.0 cm³/mol. The smallest absolute Gasteiger partial charge is 0.329 e. The fourth-order valence-electron chi connectivity index (χ4n) is 2.79. The molecule has 1 aromatic heterocycles. The number of likely N-dealkylation sites (tertiary alicyclic amines) is 1. The lowest BCUT2D eigenvalue weighted by atomic mass is 9.97. The van der Waals surface area contributed by atoms with Gasteiger partial charge in [0.25, 0.3) is 0 Å². The SMILES string of the molecule is CC1CC(N)(c2noc(C(F)(F)F)n2)CN1C1CC1. The van der Waals surface area contributed by atoms with Gasteiger partial charge in [-0.3, -0.25) is 4.90 Å². The summed E-state index contributed by atoms with van der Waals surface area (Å²) in [5.41, 5.74) is 5.24. The number of nitrogens with two attached hydrogens (primary N) is 1. The molecule has 0 radical (unpaired) electrons. The molecule has 0 bridgehead atoms. The zero-order valence-corrected chi connectivity index (χ0v) is 10.4. The van der Waals surface area contributed by atoms with Crippen LogP contribution in [0.25, 0.3) is 0 Å². The van der Waals surface area contributed by atoms with Gasteiger partial charge in [0.15, 0.2) is 5.82 Å². The Kier molecular flexibility index (Phi) is 2.66. The van der Waals surface area contributed by atoms with Crippen LogP contribution in [-0.4, -0.2) is 33.7 Å². The summed E-state index contributed by atoms with van der Waals surface area (Å²) in [6.07, 6.45) is -1.83. The topological polar surface area (TPSA) is 68.2 Å². The van der Waals surface area contributed by atoms with Crippen molar-refractivity contribution >= 4 is 0 Å². The first-order valence-electron chi connectivity index (χ1n) is 6.25. The van der Waals surface area contributed by atoms with Gasteiger partial charge in [-0.05, 0) is 26.2 Å². The molecule has 2 atom stereocenters. The van der Waals surface area contributed by atoms with Crippen molar-refractivity contribution in [2.24, 2.45) is 5.73 Å². The molecular weight excluding hydrogens is 261 g/mol. The van der Waals surface area contributed by atoms with Crippen LogP contribution in [0.1, 0.15) is 37.9 Å². The molecule has 106 valence electrons.